The van der Waals surface area contributed by atoms with Gasteiger partial charge < -0.3 is 5.32 Å². The van der Waals surface area contributed by atoms with Gasteiger partial charge >= 0.3 is 0 Å². The van der Waals surface area contributed by atoms with E-state index in [1.54, 1.807) is 13.2 Å². The maximum atomic E-state index is 13.7. The quantitative estimate of drug-likeness (QED) is 0.904. The summed E-state index contributed by atoms with van der Waals surface area (Å²) in [7, 11) is -0.918. The maximum Gasteiger partial charge on any atom is 0.128 e. The lowest BCUT2D eigenvalue weighted by Gasteiger charge is -2.17. The highest BCUT2D eigenvalue weighted by molar-refractivity contribution is 7.83. The lowest BCUT2D eigenvalue weighted by Crippen LogP contribution is -2.09. The van der Waals surface area contributed by atoms with Crippen molar-refractivity contribution in [1.82, 2.24) is 0 Å². The zero-order valence-corrected chi connectivity index (χ0v) is 12.7. The Hall–Kier alpha value is -1.75. The van der Waals surface area contributed by atoms with Crippen LogP contribution in [0.1, 0.15) is 24.1 Å². The Morgan fingerprint density at radius 1 is 1.19 bits per heavy atom. The Bertz CT molecular complexity index is 660. The summed E-state index contributed by atoms with van der Waals surface area (Å²) in [5, 5.41) is 3.13. The fraction of sp³-hybridized carbons (Fsp3) is 0.250. The summed E-state index contributed by atoms with van der Waals surface area (Å²) in [4.78, 5) is 0. The van der Waals surface area contributed by atoms with Gasteiger partial charge in [0.25, 0.3) is 0 Å². The van der Waals surface area contributed by atoms with Gasteiger partial charge in [0, 0.05) is 34.1 Å². The van der Waals surface area contributed by atoms with Crippen molar-refractivity contribution in [2.24, 2.45) is 0 Å². The molecule has 2 rings (SSSR count). The van der Waals surface area contributed by atoms with Crippen molar-refractivity contribution in [2.75, 3.05) is 11.6 Å². The zero-order chi connectivity index (χ0) is 15.4. The summed E-state index contributed by atoms with van der Waals surface area (Å²) in [5.74, 6) is -0.435. The molecule has 0 bridgehead atoms. The van der Waals surface area contributed by atoms with E-state index in [0.29, 0.717) is 5.75 Å². The van der Waals surface area contributed by atoms with Crippen LogP contribution in [0.15, 0.2) is 42.5 Å². The highest BCUT2D eigenvalue weighted by Crippen LogP contribution is 2.23. The first-order valence-electron chi connectivity index (χ1n) is 6.56. The Balaban J connectivity index is 2.17. The average Bonchev–Trinajstić information content (AvgIpc) is 2.41. The highest BCUT2D eigenvalue weighted by Gasteiger charge is 2.12. The molecule has 112 valence electrons. The van der Waals surface area contributed by atoms with Crippen molar-refractivity contribution in [3.8, 4) is 0 Å². The lowest BCUT2D eigenvalue weighted by atomic mass is 10.1. The van der Waals surface area contributed by atoms with Crippen LogP contribution in [-0.4, -0.2) is 10.5 Å². The van der Waals surface area contributed by atoms with E-state index >= 15 is 0 Å². The van der Waals surface area contributed by atoms with Gasteiger partial charge in [-0.2, -0.15) is 0 Å². The van der Waals surface area contributed by atoms with Crippen molar-refractivity contribution in [1.29, 1.82) is 0 Å². The molecule has 2 aromatic rings. The molecule has 0 aliphatic heterocycles. The molecule has 0 heterocycles. The first-order valence-corrected chi connectivity index (χ1v) is 8.29. The summed E-state index contributed by atoms with van der Waals surface area (Å²) < 4.78 is 38.2. The van der Waals surface area contributed by atoms with Gasteiger partial charge in [-0.05, 0) is 42.8 Å². The van der Waals surface area contributed by atoms with E-state index in [4.69, 9.17) is 0 Å². The van der Waals surface area contributed by atoms with Gasteiger partial charge in [-0.15, -0.1) is 0 Å². The third kappa shape index (κ3) is 4.36. The van der Waals surface area contributed by atoms with Gasteiger partial charge in [0.05, 0.1) is 6.04 Å². The van der Waals surface area contributed by atoms with Crippen LogP contribution in [-0.2, 0) is 16.6 Å². The lowest BCUT2D eigenvalue weighted by molar-refractivity contribution is 0.577. The van der Waals surface area contributed by atoms with Crippen LogP contribution in [0, 0.1) is 11.6 Å². The van der Waals surface area contributed by atoms with E-state index in [0.717, 1.165) is 23.4 Å². The second-order valence-electron chi connectivity index (χ2n) is 4.95. The molecular formula is C16H17F2NOS. The second kappa shape index (κ2) is 6.80. The molecule has 21 heavy (non-hydrogen) atoms. The molecular weight excluding hydrogens is 292 g/mol. The van der Waals surface area contributed by atoms with E-state index in [1.807, 2.05) is 24.3 Å². The van der Waals surface area contributed by atoms with Crippen molar-refractivity contribution in [2.45, 2.75) is 18.7 Å². The fourth-order valence-electron chi connectivity index (χ4n) is 2.16. The summed E-state index contributed by atoms with van der Waals surface area (Å²) in [6.45, 7) is 1.77. The number of rotatable bonds is 5. The first-order chi connectivity index (χ1) is 9.95. The molecule has 5 heteroatoms. The largest absolute Gasteiger partial charge is 0.378 e. The summed E-state index contributed by atoms with van der Waals surface area (Å²) >= 11 is 0. The van der Waals surface area contributed by atoms with Crippen LogP contribution < -0.4 is 5.32 Å². The SMILES string of the molecule is C[C@H](Nc1cccc(C[S@@](C)=O)c1)c1cc(F)ccc1F. The van der Waals surface area contributed by atoms with Gasteiger partial charge in [-0.3, -0.25) is 4.21 Å². The monoisotopic (exact) mass is 309 g/mol. The van der Waals surface area contributed by atoms with Crippen molar-refractivity contribution < 1.29 is 13.0 Å². The number of halogens is 2. The van der Waals surface area contributed by atoms with Gasteiger partial charge in [0.15, 0.2) is 0 Å². The Morgan fingerprint density at radius 3 is 2.67 bits per heavy atom. The molecule has 0 aliphatic rings. The van der Waals surface area contributed by atoms with Crippen molar-refractivity contribution in [3.05, 3.63) is 65.2 Å². The molecule has 1 N–H and O–H groups in total. The molecule has 0 unspecified atom stereocenters. The predicted molar refractivity (Wildman–Crippen MR) is 82.6 cm³/mol. The molecule has 0 amide bonds. The highest BCUT2D eigenvalue weighted by atomic mass is 32.2. The Labute approximate surface area is 125 Å². The molecule has 0 aliphatic carbocycles. The molecule has 2 atom stereocenters. The maximum absolute atomic E-state index is 13.7. The summed E-state index contributed by atoms with van der Waals surface area (Å²) in [5.41, 5.74) is 2.00. The van der Waals surface area contributed by atoms with E-state index in [1.165, 1.54) is 6.07 Å². The minimum Gasteiger partial charge on any atom is -0.378 e. The molecule has 0 saturated carbocycles. The third-order valence-electron chi connectivity index (χ3n) is 3.10. The first kappa shape index (κ1) is 15.6. The number of hydrogen-bond donors (Lipinski definition) is 1. The van der Waals surface area contributed by atoms with Crippen LogP contribution in [0.2, 0.25) is 0 Å². The number of nitrogens with one attached hydrogen (secondary N) is 1. The minimum atomic E-state index is -0.918. The molecule has 2 aromatic carbocycles. The zero-order valence-electron chi connectivity index (χ0n) is 11.9. The molecule has 0 aromatic heterocycles. The molecule has 0 radical (unpaired) electrons. The van der Waals surface area contributed by atoms with Crippen LogP contribution >= 0.6 is 0 Å². The van der Waals surface area contributed by atoms with E-state index in [9.17, 15) is 13.0 Å². The van der Waals surface area contributed by atoms with Gasteiger partial charge in [0.1, 0.15) is 11.6 Å². The summed E-state index contributed by atoms with van der Waals surface area (Å²) in [6, 6.07) is 10.5. The standard InChI is InChI=1S/C16H17F2NOS/c1-11(15-9-13(17)6-7-16(15)18)19-14-5-3-4-12(8-14)10-21(2)20/h3-9,11,19H,10H2,1-2H3/t11-,21+/m0/s1. The molecule has 0 spiro atoms. The fourth-order valence-corrected chi connectivity index (χ4v) is 2.81. The molecule has 0 fully saturated rings. The van der Waals surface area contributed by atoms with Gasteiger partial charge in [-0.1, -0.05) is 12.1 Å². The van der Waals surface area contributed by atoms with Gasteiger partial charge in [0.2, 0.25) is 0 Å². The number of hydrogen-bond acceptors (Lipinski definition) is 2. The molecule has 2 nitrogen and oxygen atoms in total. The number of anilines is 1. The van der Waals surface area contributed by atoms with E-state index < -0.39 is 22.4 Å². The van der Waals surface area contributed by atoms with Crippen molar-refractivity contribution in [3.63, 3.8) is 0 Å². The predicted octanol–water partition coefficient (Wildman–Crippen LogP) is 4.02. The van der Waals surface area contributed by atoms with E-state index in [2.05, 4.69) is 5.32 Å². The normalized spacial score (nSPS) is 13.7. The minimum absolute atomic E-state index is 0.277. The average molecular weight is 309 g/mol. The van der Waals surface area contributed by atoms with Crippen LogP contribution in [0.25, 0.3) is 0 Å². The Kier molecular flexibility index (Phi) is 5.07. The third-order valence-corrected chi connectivity index (χ3v) is 3.84. The smallest absolute Gasteiger partial charge is 0.128 e. The van der Waals surface area contributed by atoms with Crippen LogP contribution in [0.3, 0.4) is 0 Å². The second-order valence-corrected chi connectivity index (χ2v) is 6.38. The topological polar surface area (TPSA) is 29.1 Å². The van der Waals surface area contributed by atoms with Crippen LogP contribution in [0.4, 0.5) is 14.5 Å². The van der Waals surface area contributed by atoms with Crippen molar-refractivity contribution >= 4 is 16.5 Å². The number of benzene rings is 2. The molecule has 0 saturated heterocycles. The van der Waals surface area contributed by atoms with E-state index in [-0.39, 0.29) is 11.6 Å². The summed E-state index contributed by atoms with van der Waals surface area (Å²) in [6.07, 6.45) is 1.64. The van der Waals surface area contributed by atoms with Gasteiger partial charge in [-0.25, -0.2) is 8.78 Å². The Morgan fingerprint density at radius 2 is 1.95 bits per heavy atom. The van der Waals surface area contributed by atoms with Crippen LogP contribution in [0.5, 0.6) is 0 Å².